The first kappa shape index (κ1) is 9.21. The first-order valence-electron chi connectivity index (χ1n) is 3.77. The molecular formula is C9H11O2P. The Labute approximate surface area is 74.1 Å². The molecule has 3 heteroatoms. The molecule has 0 heterocycles. The van der Waals surface area contributed by atoms with Gasteiger partial charge in [0, 0.05) is 0 Å². The molecule has 1 aromatic carbocycles. The van der Waals surface area contributed by atoms with Crippen LogP contribution in [0.3, 0.4) is 0 Å². The van der Waals surface area contributed by atoms with Crippen LogP contribution in [-0.2, 0) is 4.74 Å². The molecular weight excluding hydrogens is 171 g/mol. The summed E-state index contributed by atoms with van der Waals surface area (Å²) >= 11 is 0. The molecule has 1 rings (SSSR count). The van der Waals surface area contributed by atoms with Crippen LogP contribution < -0.4 is 5.30 Å². The average molecular weight is 182 g/mol. The molecule has 1 aromatic rings. The standard InChI is InChI=1S/C9H11O2P/c1-2-11-9(10)7-5-3-4-6-8(7)12/h3-6H,2,12H2,1H3. The third-order valence-electron chi connectivity index (χ3n) is 1.46. The maximum Gasteiger partial charge on any atom is 0.338 e. The van der Waals surface area contributed by atoms with Crippen molar-refractivity contribution in [2.24, 2.45) is 0 Å². The van der Waals surface area contributed by atoms with Crippen molar-refractivity contribution in [2.75, 3.05) is 6.61 Å². The quantitative estimate of drug-likeness (QED) is 0.510. The van der Waals surface area contributed by atoms with Crippen LogP contribution >= 0.6 is 9.24 Å². The third-order valence-corrected chi connectivity index (χ3v) is 1.96. The highest BCUT2D eigenvalue weighted by Gasteiger charge is 2.07. The van der Waals surface area contributed by atoms with Gasteiger partial charge in [-0.1, -0.05) is 18.2 Å². The second-order valence-corrected chi connectivity index (χ2v) is 2.93. The molecule has 12 heavy (non-hydrogen) atoms. The third kappa shape index (κ3) is 2.05. The highest BCUT2D eigenvalue weighted by molar-refractivity contribution is 7.27. The van der Waals surface area contributed by atoms with Gasteiger partial charge in [0.2, 0.25) is 0 Å². The molecule has 0 saturated carbocycles. The Morgan fingerprint density at radius 3 is 2.75 bits per heavy atom. The Balaban J connectivity index is 2.87. The van der Waals surface area contributed by atoms with E-state index in [0.717, 1.165) is 5.30 Å². The van der Waals surface area contributed by atoms with E-state index in [2.05, 4.69) is 9.24 Å². The zero-order valence-corrected chi connectivity index (χ0v) is 8.07. The maximum atomic E-state index is 11.2. The predicted molar refractivity (Wildman–Crippen MR) is 51.7 cm³/mol. The molecule has 0 aliphatic carbocycles. The van der Waals surface area contributed by atoms with Crippen LogP contribution in [0.2, 0.25) is 0 Å². The van der Waals surface area contributed by atoms with Crippen LogP contribution in [0.5, 0.6) is 0 Å². The van der Waals surface area contributed by atoms with Gasteiger partial charge >= 0.3 is 5.97 Å². The lowest BCUT2D eigenvalue weighted by Crippen LogP contribution is -2.12. The summed E-state index contributed by atoms with van der Waals surface area (Å²) < 4.78 is 4.86. The molecule has 0 amide bonds. The van der Waals surface area contributed by atoms with Crippen molar-refractivity contribution in [1.82, 2.24) is 0 Å². The van der Waals surface area contributed by atoms with Gasteiger partial charge in [-0.3, -0.25) is 0 Å². The van der Waals surface area contributed by atoms with Gasteiger partial charge in [-0.15, -0.1) is 9.24 Å². The Kier molecular flexibility index (Phi) is 3.24. The van der Waals surface area contributed by atoms with Crippen molar-refractivity contribution in [3.63, 3.8) is 0 Å². The van der Waals surface area contributed by atoms with E-state index in [0.29, 0.717) is 12.2 Å². The fourth-order valence-electron chi connectivity index (χ4n) is 0.892. The molecule has 0 aliphatic heterocycles. The number of esters is 1. The molecule has 1 unspecified atom stereocenters. The van der Waals surface area contributed by atoms with Crippen molar-refractivity contribution in [3.05, 3.63) is 29.8 Å². The van der Waals surface area contributed by atoms with Gasteiger partial charge in [0.25, 0.3) is 0 Å². The number of carbonyl (C=O) groups excluding carboxylic acids is 1. The van der Waals surface area contributed by atoms with Gasteiger partial charge in [0.1, 0.15) is 0 Å². The van der Waals surface area contributed by atoms with Crippen molar-refractivity contribution in [2.45, 2.75) is 6.92 Å². The maximum absolute atomic E-state index is 11.2. The smallest absolute Gasteiger partial charge is 0.338 e. The zero-order valence-electron chi connectivity index (χ0n) is 6.91. The molecule has 0 fully saturated rings. The molecule has 0 N–H and O–H groups in total. The number of hydrogen-bond donors (Lipinski definition) is 0. The molecule has 64 valence electrons. The lowest BCUT2D eigenvalue weighted by atomic mass is 10.2. The van der Waals surface area contributed by atoms with E-state index in [-0.39, 0.29) is 5.97 Å². The normalized spacial score (nSPS) is 9.50. The predicted octanol–water partition coefficient (Wildman–Crippen LogP) is 1.36. The van der Waals surface area contributed by atoms with E-state index < -0.39 is 0 Å². The van der Waals surface area contributed by atoms with Gasteiger partial charge in [-0.05, 0) is 18.3 Å². The molecule has 1 atom stereocenters. The highest BCUT2D eigenvalue weighted by Crippen LogP contribution is 2.02. The lowest BCUT2D eigenvalue weighted by Gasteiger charge is -2.03. The Morgan fingerprint density at radius 2 is 2.17 bits per heavy atom. The van der Waals surface area contributed by atoms with Crippen LogP contribution in [0.15, 0.2) is 24.3 Å². The van der Waals surface area contributed by atoms with E-state index in [1.54, 1.807) is 13.0 Å². The fourth-order valence-corrected chi connectivity index (χ4v) is 1.22. The van der Waals surface area contributed by atoms with E-state index in [1.165, 1.54) is 0 Å². The van der Waals surface area contributed by atoms with E-state index in [1.807, 2.05) is 18.2 Å². The van der Waals surface area contributed by atoms with Crippen molar-refractivity contribution in [1.29, 1.82) is 0 Å². The van der Waals surface area contributed by atoms with E-state index >= 15 is 0 Å². The molecule has 0 spiro atoms. The van der Waals surface area contributed by atoms with Gasteiger partial charge < -0.3 is 4.74 Å². The van der Waals surface area contributed by atoms with Gasteiger partial charge in [-0.2, -0.15) is 0 Å². The zero-order chi connectivity index (χ0) is 8.97. The molecule has 0 bridgehead atoms. The topological polar surface area (TPSA) is 26.3 Å². The number of benzene rings is 1. The number of carbonyl (C=O) groups is 1. The number of hydrogen-bond acceptors (Lipinski definition) is 2. The summed E-state index contributed by atoms with van der Waals surface area (Å²) in [5, 5.41) is 0.871. The van der Waals surface area contributed by atoms with Crippen LogP contribution in [0, 0.1) is 0 Å². The Bertz CT molecular complexity index is 284. The summed E-state index contributed by atoms with van der Waals surface area (Å²) in [6.07, 6.45) is 0. The minimum Gasteiger partial charge on any atom is -0.462 e. The number of rotatable bonds is 2. The average Bonchev–Trinajstić information content (AvgIpc) is 2.05. The summed E-state index contributed by atoms with van der Waals surface area (Å²) in [5.74, 6) is -0.261. The van der Waals surface area contributed by atoms with Crippen LogP contribution in [0.4, 0.5) is 0 Å². The molecule has 0 aromatic heterocycles. The summed E-state index contributed by atoms with van der Waals surface area (Å²) in [4.78, 5) is 11.2. The van der Waals surface area contributed by atoms with E-state index in [4.69, 9.17) is 4.74 Å². The fraction of sp³-hybridized carbons (Fsp3) is 0.222. The van der Waals surface area contributed by atoms with Crippen molar-refractivity contribution in [3.8, 4) is 0 Å². The van der Waals surface area contributed by atoms with Gasteiger partial charge in [0.05, 0.1) is 12.2 Å². The Morgan fingerprint density at radius 1 is 1.50 bits per heavy atom. The highest BCUT2D eigenvalue weighted by atomic mass is 31.0. The first-order valence-corrected chi connectivity index (χ1v) is 4.35. The SMILES string of the molecule is CCOC(=O)c1ccccc1P. The van der Waals surface area contributed by atoms with Crippen LogP contribution in [0.25, 0.3) is 0 Å². The second kappa shape index (κ2) is 4.22. The second-order valence-electron chi connectivity index (χ2n) is 2.31. The lowest BCUT2D eigenvalue weighted by molar-refractivity contribution is 0.0528. The van der Waals surface area contributed by atoms with Crippen LogP contribution in [-0.4, -0.2) is 12.6 Å². The van der Waals surface area contributed by atoms with Gasteiger partial charge in [0.15, 0.2) is 0 Å². The summed E-state index contributed by atoms with van der Waals surface area (Å²) in [6, 6.07) is 7.31. The summed E-state index contributed by atoms with van der Waals surface area (Å²) in [7, 11) is 2.50. The first-order chi connectivity index (χ1) is 5.75. The minimum atomic E-state index is -0.261. The molecule has 0 saturated heterocycles. The van der Waals surface area contributed by atoms with E-state index in [9.17, 15) is 4.79 Å². The van der Waals surface area contributed by atoms with Crippen LogP contribution in [0.1, 0.15) is 17.3 Å². The molecule has 2 nitrogen and oxygen atoms in total. The minimum absolute atomic E-state index is 0.261. The van der Waals surface area contributed by atoms with Crippen molar-refractivity contribution < 1.29 is 9.53 Å². The Hall–Kier alpha value is -0.880. The van der Waals surface area contributed by atoms with Crippen molar-refractivity contribution >= 4 is 20.5 Å². The summed E-state index contributed by atoms with van der Waals surface area (Å²) in [6.45, 7) is 2.21. The summed E-state index contributed by atoms with van der Waals surface area (Å²) in [5.41, 5.74) is 0.615. The van der Waals surface area contributed by atoms with Gasteiger partial charge in [-0.25, -0.2) is 4.79 Å². The largest absolute Gasteiger partial charge is 0.462 e. The molecule has 0 aliphatic rings. The monoisotopic (exact) mass is 182 g/mol. The molecule has 0 radical (unpaired) electrons. The number of ether oxygens (including phenoxy) is 1.